The molecule has 5 heteroatoms. The Bertz CT molecular complexity index is 598. The zero-order chi connectivity index (χ0) is 11.1. The molecule has 1 aromatic carbocycles. The molecular weight excluding hydrogens is 214 g/mol. The van der Waals surface area contributed by atoms with E-state index in [1.54, 1.807) is 24.5 Å². The highest BCUT2D eigenvalue weighted by molar-refractivity contribution is 7.92. The largest absolute Gasteiger partial charge is 0.464 e. The van der Waals surface area contributed by atoms with E-state index in [-0.39, 0.29) is 0 Å². The summed E-state index contributed by atoms with van der Waals surface area (Å²) in [5, 5.41) is 0.920. The maximum Gasteiger partial charge on any atom is 0.229 e. The lowest BCUT2D eigenvalue weighted by atomic mass is 10.2. The van der Waals surface area contributed by atoms with Gasteiger partial charge < -0.3 is 4.42 Å². The van der Waals surface area contributed by atoms with Crippen LogP contribution < -0.4 is 4.72 Å². The predicted octanol–water partition coefficient (Wildman–Crippen LogP) is 2.11. The van der Waals surface area contributed by atoms with Crippen LogP contribution in [0.2, 0.25) is 0 Å². The van der Waals surface area contributed by atoms with E-state index in [2.05, 4.69) is 4.72 Å². The molecule has 4 nitrogen and oxygen atoms in total. The monoisotopic (exact) mass is 225 g/mol. The van der Waals surface area contributed by atoms with Crippen molar-refractivity contribution in [1.29, 1.82) is 0 Å². The van der Waals surface area contributed by atoms with Crippen LogP contribution in [-0.2, 0) is 10.0 Å². The molecule has 0 aliphatic carbocycles. The normalized spacial score (nSPS) is 11.9. The third-order valence-electron chi connectivity index (χ3n) is 2.07. The van der Waals surface area contributed by atoms with Crippen molar-refractivity contribution < 1.29 is 12.8 Å². The fourth-order valence-corrected chi connectivity index (χ4v) is 1.99. The maximum absolute atomic E-state index is 11.0. The van der Waals surface area contributed by atoms with Crippen molar-refractivity contribution in [1.82, 2.24) is 0 Å². The van der Waals surface area contributed by atoms with Crippen LogP contribution in [0, 0.1) is 6.92 Å². The second-order valence-electron chi connectivity index (χ2n) is 3.50. The fraction of sp³-hybridized carbons (Fsp3) is 0.200. The van der Waals surface area contributed by atoms with Crippen LogP contribution in [-0.4, -0.2) is 14.7 Å². The second kappa shape index (κ2) is 3.27. The smallest absolute Gasteiger partial charge is 0.229 e. The van der Waals surface area contributed by atoms with Crippen LogP contribution in [0.25, 0.3) is 11.0 Å². The molecule has 0 aliphatic rings. The van der Waals surface area contributed by atoms with E-state index in [9.17, 15) is 8.42 Å². The van der Waals surface area contributed by atoms with Crippen molar-refractivity contribution in [2.45, 2.75) is 6.92 Å². The third kappa shape index (κ3) is 2.12. The number of nitrogens with one attached hydrogen (secondary N) is 1. The SMILES string of the molecule is Cc1coc2ccc(NS(C)(=O)=O)cc12. The van der Waals surface area contributed by atoms with E-state index < -0.39 is 10.0 Å². The predicted molar refractivity (Wildman–Crippen MR) is 59.4 cm³/mol. The van der Waals surface area contributed by atoms with Gasteiger partial charge in [0.15, 0.2) is 0 Å². The van der Waals surface area contributed by atoms with E-state index >= 15 is 0 Å². The molecule has 2 rings (SSSR count). The summed E-state index contributed by atoms with van der Waals surface area (Å²) in [7, 11) is -3.22. The fourth-order valence-electron chi connectivity index (χ4n) is 1.43. The van der Waals surface area contributed by atoms with E-state index in [0.29, 0.717) is 5.69 Å². The highest BCUT2D eigenvalue weighted by atomic mass is 32.2. The molecule has 1 heterocycles. The number of furan rings is 1. The summed E-state index contributed by atoms with van der Waals surface area (Å²) >= 11 is 0. The number of aryl methyl sites for hydroxylation is 1. The molecule has 0 radical (unpaired) electrons. The van der Waals surface area contributed by atoms with Gasteiger partial charge in [0.05, 0.1) is 12.5 Å². The minimum absolute atomic E-state index is 0.550. The Morgan fingerprint density at radius 2 is 2.07 bits per heavy atom. The molecule has 0 atom stereocenters. The number of benzene rings is 1. The summed E-state index contributed by atoms with van der Waals surface area (Å²) < 4.78 is 29.7. The molecule has 1 aromatic heterocycles. The number of hydrogen-bond acceptors (Lipinski definition) is 3. The first kappa shape index (κ1) is 10.0. The van der Waals surface area contributed by atoms with E-state index in [4.69, 9.17) is 4.42 Å². The molecule has 0 saturated carbocycles. The van der Waals surface area contributed by atoms with Gasteiger partial charge in [0.2, 0.25) is 10.0 Å². The molecule has 0 amide bonds. The highest BCUT2D eigenvalue weighted by Crippen LogP contribution is 2.24. The summed E-state index contributed by atoms with van der Waals surface area (Å²) in [4.78, 5) is 0. The highest BCUT2D eigenvalue weighted by Gasteiger charge is 2.05. The van der Waals surface area contributed by atoms with Gasteiger partial charge in [-0.3, -0.25) is 4.72 Å². The van der Waals surface area contributed by atoms with Crippen molar-refractivity contribution in [2.75, 3.05) is 11.0 Å². The summed E-state index contributed by atoms with van der Waals surface area (Å²) in [6.45, 7) is 1.91. The molecule has 2 aromatic rings. The quantitative estimate of drug-likeness (QED) is 0.851. The Kier molecular flexibility index (Phi) is 2.19. The molecule has 0 bridgehead atoms. The molecule has 0 unspecified atom stereocenters. The van der Waals surface area contributed by atoms with Crippen LogP contribution in [0.5, 0.6) is 0 Å². The number of fused-ring (bicyclic) bond motifs is 1. The topological polar surface area (TPSA) is 59.3 Å². The van der Waals surface area contributed by atoms with Gasteiger partial charge in [0, 0.05) is 11.1 Å². The molecular formula is C10H11NO3S. The van der Waals surface area contributed by atoms with E-state index in [0.717, 1.165) is 22.8 Å². The van der Waals surface area contributed by atoms with Crippen molar-refractivity contribution in [3.8, 4) is 0 Å². The first-order chi connectivity index (χ1) is 6.96. The lowest BCUT2D eigenvalue weighted by Gasteiger charge is -2.02. The van der Waals surface area contributed by atoms with Crippen LogP contribution in [0.15, 0.2) is 28.9 Å². The van der Waals surface area contributed by atoms with Crippen molar-refractivity contribution in [2.24, 2.45) is 0 Å². The lowest BCUT2D eigenvalue weighted by Crippen LogP contribution is -2.09. The third-order valence-corrected chi connectivity index (χ3v) is 2.68. The molecule has 0 saturated heterocycles. The minimum Gasteiger partial charge on any atom is -0.464 e. The van der Waals surface area contributed by atoms with Crippen molar-refractivity contribution in [3.63, 3.8) is 0 Å². The summed E-state index contributed by atoms with van der Waals surface area (Å²) in [6, 6.07) is 5.18. The van der Waals surface area contributed by atoms with Gasteiger partial charge >= 0.3 is 0 Å². The zero-order valence-electron chi connectivity index (χ0n) is 8.44. The standard InChI is InChI=1S/C10H11NO3S/c1-7-6-14-10-4-3-8(5-9(7)10)11-15(2,12)13/h3-6,11H,1-2H3. The molecule has 0 aliphatic heterocycles. The van der Waals surface area contributed by atoms with Crippen LogP contribution >= 0.6 is 0 Å². The first-order valence-corrected chi connectivity index (χ1v) is 6.30. The van der Waals surface area contributed by atoms with Gasteiger partial charge in [-0.05, 0) is 30.7 Å². The number of hydrogen-bond donors (Lipinski definition) is 1. The van der Waals surface area contributed by atoms with E-state index in [1.807, 2.05) is 6.92 Å². The molecule has 0 spiro atoms. The Morgan fingerprint density at radius 3 is 2.73 bits per heavy atom. The van der Waals surface area contributed by atoms with Gasteiger partial charge in [-0.15, -0.1) is 0 Å². The summed E-state index contributed by atoms with van der Waals surface area (Å²) in [5.74, 6) is 0. The van der Waals surface area contributed by atoms with Gasteiger partial charge in [0.1, 0.15) is 5.58 Å². The Morgan fingerprint density at radius 1 is 1.33 bits per heavy atom. The second-order valence-corrected chi connectivity index (χ2v) is 5.25. The van der Waals surface area contributed by atoms with Crippen molar-refractivity contribution >= 4 is 26.7 Å². The molecule has 15 heavy (non-hydrogen) atoms. The molecule has 1 N–H and O–H groups in total. The number of anilines is 1. The minimum atomic E-state index is -3.22. The van der Waals surface area contributed by atoms with Crippen LogP contribution in [0.3, 0.4) is 0 Å². The Hall–Kier alpha value is -1.49. The van der Waals surface area contributed by atoms with Gasteiger partial charge in [0.25, 0.3) is 0 Å². The molecule has 80 valence electrons. The summed E-state index contributed by atoms with van der Waals surface area (Å²) in [5.41, 5.74) is 2.29. The van der Waals surface area contributed by atoms with Gasteiger partial charge in [-0.25, -0.2) is 8.42 Å². The summed E-state index contributed by atoms with van der Waals surface area (Å²) in [6.07, 6.45) is 2.77. The number of rotatable bonds is 2. The van der Waals surface area contributed by atoms with Gasteiger partial charge in [-0.1, -0.05) is 0 Å². The maximum atomic E-state index is 11.0. The Labute approximate surface area is 87.9 Å². The lowest BCUT2D eigenvalue weighted by molar-refractivity contribution is 0.606. The van der Waals surface area contributed by atoms with Gasteiger partial charge in [-0.2, -0.15) is 0 Å². The average molecular weight is 225 g/mol. The van der Waals surface area contributed by atoms with Crippen LogP contribution in [0.4, 0.5) is 5.69 Å². The zero-order valence-corrected chi connectivity index (χ0v) is 9.26. The average Bonchev–Trinajstić information content (AvgIpc) is 2.45. The Balaban J connectivity index is 2.51. The first-order valence-electron chi connectivity index (χ1n) is 4.41. The van der Waals surface area contributed by atoms with Crippen LogP contribution in [0.1, 0.15) is 5.56 Å². The molecule has 0 fully saturated rings. The van der Waals surface area contributed by atoms with E-state index in [1.165, 1.54) is 0 Å². The number of sulfonamides is 1. The van der Waals surface area contributed by atoms with Crippen molar-refractivity contribution in [3.05, 3.63) is 30.0 Å².